The van der Waals surface area contributed by atoms with Gasteiger partial charge < -0.3 is 4.43 Å². The molecule has 64 valence electrons. The van der Waals surface area contributed by atoms with Gasteiger partial charge >= 0.3 is 0 Å². The highest BCUT2D eigenvalue weighted by Gasteiger charge is 2.19. The van der Waals surface area contributed by atoms with Gasteiger partial charge in [-0.3, -0.25) is 0 Å². The minimum Gasteiger partial charge on any atom is -0.409 e. The van der Waals surface area contributed by atoms with Gasteiger partial charge in [0.25, 0.3) is 0 Å². The largest absolute Gasteiger partial charge is 0.409 e. The molecule has 0 N–H and O–H groups in total. The lowest BCUT2D eigenvalue weighted by atomic mass is 10.4. The van der Waals surface area contributed by atoms with E-state index in [1.54, 1.807) is 0 Å². The van der Waals surface area contributed by atoms with E-state index in [4.69, 9.17) is 4.43 Å². The van der Waals surface area contributed by atoms with Crippen molar-refractivity contribution in [3.8, 4) is 0 Å². The van der Waals surface area contributed by atoms with Crippen LogP contribution in [0.4, 0.5) is 0 Å². The maximum Gasteiger partial charge on any atom is 0.237 e. The van der Waals surface area contributed by atoms with Crippen molar-refractivity contribution >= 4 is 8.32 Å². The zero-order chi connectivity index (χ0) is 8.74. The SMILES string of the molecule is C=C[Si](C)(C=C)OCCCC. The number of rotatable bonds is 6. The first-order valence-electron chi connectivity index (χ1n) is 4.09. The summed E-state index contributed by atoms with van der Waals surface area (Å²) < 4.78 is 5.67. The third kappa shape index (κ3) is 4.17. The number of hydrogen-bond acceptors (Lipinski definition) is 1. The molecular formula is C9H18OSi. The first-order valence-corrected chi connectivity index (χ1v) is 6.66. The van der Waals surface area contributed by atoms with Crippen LogP contribution in [0.25, 0.3) is 0 Å². The Morgan fingerprint density at radius 1 is 1.36 bits per heavy atom. The van der Waals surface area contributed by atoms with E-state index in [-0.39, 0.29) is 0 Å². The maximum absolute atomic E-state index is 5.67. The van der Waals surface area contributed by atoms with Gasteiger partial charge in [0.1, 0.15) is 0 Å². The lowest BCUT2D eigenvalue weighted by molar-refractivity contribution is 0.309. The van der Waals surface area contributed by atoms with Crippen molar-refractivity contribution in [1.29, 1.82) is 0 Å². The van der Waals surface area contributed by atoms with E-state index in [9.17, 15) is 0 Å². The minimum absolute atomic E-state index is 0.845. The topological polar surface area (TPSA) is 9.23 Å². The van der Waals surface area contributed by atoms with Crippen molar-refractivity contribution in [1.82, 2.24) is 0 Å². The van der Waals surface area contributed by atoms with Crippen molar-refractivity contribution in [3.63, 3.8) is 0 Å². The van der Waals surface area contributed by atoms with Crippen LogP contribution in [0.3, 0.4) is 0 Å². The highest BCUT2D eigenvalue weighted by Crippen LogP contribution is 2.07. The van der Waals surface area contributed by atoms with Gasteiger partial charge in [-0.15, -0.1) is 13.2 Å². The lowest BCUT2D eigenvalue weighted by Gasteiger charge is -2.18. The predicted molar refractivity (Wildman–Crippen MR) is 52.9 cm³/mol. The summed E-state index contributed by atoms with van der Waals surface area (Å²) in [7, 11) is -1.71. The van der Waals surface area contributed by atoms with Gasteiger partial charge in [0.15, 0.2) is 0 Å². The molecule has 0 bridgehead atoms. The zero-order valence-corrected chi connectivity index (χ0v) is 8.60. The molecule has 0 fully saturated rings. The van der Waals surface area contributed by atoms with Crippen LogP contribution in [-0.2, 0) is 4.43 Å². The van der Waals surface area contributed by atoms with Gasteiger partial charge in [-0.2, -0.15) is 0 Å². The predicted octanol–water partition coefficient (Wildman–Crippen LogP) is 2.83. The van der Waals surface area contributed by atoms with Gasteiger partial charge in [-0.1, -0.05) is 24.7 Å². The van der Waals surface area contributed by atoms with Crippen LogP contribution in [0.15, 0.2) is 24.6 Å². The molecule has 0 unspecified atom stereocenters. The molecule has 0 spiro atoms. The molecule has 0 amide bonds. The Kier molecular flexibility index (Phi) is 5.16. The Morgan fingerprint density at radius 2 is 1.91 bits per heavy atom. The molecule has 0 aromatic rings. The second kappa shape index (κ2) is 5.33. The lowest BCUT2D eigenvalue weighted by Crippen LogP contribution is -2.29. The van der Waals surface area contributed by atoms with Crippen LogP contribution in [-0.4, -0.2) is 14.9 Å². The molecule has 0 aromatic heterocycles. The first-order chi connectivity index (χ1) is 5.18. The van der Waals surface area contributed by atoms with E-state index in [1.807, 2.05) is 11.4 Å². The maximum atomic E-state index is 5.67. The molecule has 11 heavy (non-hydrogen) atoms. The van der Waals surface area contributed by atoms with Crippen LogP contribution < -0.4 is 0 Å². The fraction of sp³-hybridized carbons (Fsp3) is 0.556. The third-order valence-corrected chi connectivity index (χ3v) is 4.17. The summed E-state index contributed by atoms with van der Waals surface area (Å²) in [6.45, 7) is 12.6. The average molecular weight is 170 g/mol. The van der Waals surface area contributed by atoms with E-state index in [2.05, 4.69) is 26.6 Å². The highest BCUT2D eigenvalue weighted by molar-refractivity contribution is 6.82. The summed E-state index contributed by atoms with van der Waals surface area (Å²) in [5.41, 5.74) is 3.82. The molecule has 0 aliphatic carbocycles. The van der Waals surface area contributed by atoms with E-state index in [0.717, 1.165) is 13.0 Å². The van der Waals surface area contributed by atoms with Gasteiger partial charge in [0.2, 0.25) is 8.32 Å². The second-order valence-electron chi connectivity index (χ2n) is 2.79. The molecule has 0 saturated heterocycles. The summed E-state index contributed by atoms with van der Waals surface area (Å²) in [6.07, 6.45) is 2.31. The highest BCUT2D eigenvalue weighted by atomic mass is 28.4. The van der Waals surface area contributed by atoms with Gasteiger partial charge in [-0.05, 0) is 13.0 Å². The molecule has 0 radical (unpaired) electrons. The molecule has 0 aliphatic rings. The Hall–Kier alpha value is -0.343. The molecule has 0 aliphatic heterocycles. The summed E-state index contributed by atoms with van der Waals surface area (Å²) in [5.74, 6) is 0. The van der Waals surface area contributed by atoms with Gasteiger partial charge in [-0.25, -0.2) is 0 Å². The molecule has 0 aromatic carbocycles. The monoisotopic (exact) mass is 170 g/mol. The summed E-state index contributed by atoms with van der Waals surface area (Å²) in [6, 6.07) is 0. The smallest absolute Gasteiger partial charge is 0.237 e. The second-order valence-corrected chi connectivity index (χ2v) is 6.27. The molecule has 0 atom stereocenters. The summed E-state index contributed by atoms with van der Waals surface area (Å²) in [4.78, 5) is 0. The van der Waals surface area contributed by atoms with Crippen LogP contribution in [0.2, 0.25) is 6.55 Å². The van der Waals surface area contributed by atoms with E-state index in [1.165, 1.54) is 6.42 Å². The van der Waals surface area contributed by atoms with E-state index in [0.29, 0.717) is 0 Å². The van der Waals surface area contributed by atoms with Crippen molar-refractivity contribution in [2.75, 3.05) is 6.61 Å². The van der Waals surface area contributed by atoms with Gasteiger partial charge in [0, 0.05) is 6.61 Å². The Morgan fingerprint density at radius 3 is 2.27 bits per heavy atom. The Labute approximate surface area is 70.9 Å². The van der Waals surface area contributed by atoms with Crippen LogP contribution in [0.1, 0.15) is 19.8 Å². The number of unbranched alkanes of at least 4 members (excludes halogenated alkanes) is 1. The van der Waals surface area contributed by atoms with Crippen molar-refractivity contribution in [3.05, 3.63) is 24.6 Å². The van der Waals surface area contributed by atoms with Crippen LogP contribution in [0.5, 0.6) is 0 Å². The van der Waals surface area contributed by atoms with Crippen LogP contribution >= 0.6 is 0 Å². The van der Waals surface area contributed by atoms with Crippen LogP contribution in [0, 0.1) is 0 Å². The van der Waals surface area contributed by atoms with Crippen molar-refractivity contribution in [2.45, 2.75) is 26.3 Å². The minimum atomic E-state index is -1.71. The standard InChI is InChI=1S/C9H18OSi/c1-5-8-9-10-11(4,6-2)7-3/h6-7H,2-3,5,8-9H2,1,4H3. The van der Waals surface area contributed by atoms with Crippen molar-refractivity contribution in [2.24, 2.45) is 0 Å². The van der Waals surface area contributed by atoms with Crippen molar-refractivity contribution < 1.29 is 4.43 Å². The molecule has 0 heterocycles. The van der Waals surface area contributed by atoms with Gasteiger partial charge in [0.05, 0.1) is 0 Å². The van der Waals surface area contributed by atoms with E-state index >= 15 is 0 Å². The molecule has 1 nitrogen and oxygen atoms in total. The third-order valence-electron chi connectivity index (χ3n) is 1.72. The molecule has 0 saturated carbocycles. The summed E-state index contributed by atoms with van der Waals surface area (Å²) in [5, 5.41) is 0. The quantitative estimate of drug-likeness (QED) is 0.440. The fourth-order valence-electron chi connectivity index (χ4n) is 0.638. The zero-order valence-electron chi connectivity index (χ0n) is 7.60. The molecule has 0 rings (SSSR count). The number of hydrogen-bond donors (Lipinski definition) is 0. The fourth-order valence-corrected chi connectivity index (χ4v) is 1.62. The summed E-state index contributed by atoms with van der Waals surface area (Å²) >= 11 is 0. The molecule has 2 heteroatoms. The Balaban J connectivity index is 3.69. The molecular weight excluding hydrogens is 152 g/mol. The Bertz CT molecular complexity index is 124. The normalized spacial score (nSPS) is 11.1. The van der Waals surface area contributed by atoms with E-state index < -0.39 is 8.32 Å². The first kappa shape index (κ1) is 10.7. The average Bonchev–Trinajstić information content (AvgIpc) is 2.05.